The molecule has 0 fully saturated rings. The number of hydrogen-bond donors (Lipinski definition) is 0. The number of aromatic nitrogens is 1. The van der Waals surface area contributed by atoms with Gasteiger partial charge >= 0.3 is 0 Å². The van der Waals surface area contributed by atoms with Gasteiger partial charge in [0.05, 0.1) is 5.01 Å². The van der Waals surface area contributed by atoms with E-state index in [2.05, 4.69) is 4.98 Å². The summed E-state index contributed by atoms with van der Waals surface area (Å²) in [5.41, 5.74) is 2.44. The summed E-state index contributed by atoms with van der Waals surface area (Å²) in [6.07, 6.45) is 0. The zero-order valence-corrected chi connectivity index (χ0v) is 8.86. The largest absolute Gasteiger partial charge is 0.238 e. The van der Waals surface area contributed by atoms with E-state index < -0.39 is 0 Å². The Morgan fingerprint density at radius 3 is 2.64 bits per heavy atom. The Morgan fingerprint density at radius 2 is 2.07 bits per heavy atom. The van der Waals surface area contributed by atoms with Gasteiger partial charge in [-0.25, -0.2) is 4.98 Å². The Hall–Kier alpha value is -1.22. The molecule has 0 bridgehead atoms. The van der Waals surface area contributed by atoms with Gasteiger partial charge in [0.25, 0.3) is 0 Å². The predicted octanol–water partition coefficient (Wildman–Crippen LogP) is 3.57. The SMILES string of the molecule is Cc1cccc(-c2nc(C)sc2F)c1. The lowest BCUT2D eigenvalue weighted by Gasteiger charge is -1.98. The van der Waals surface area contributed by atoms with Crippen molar-refractivity contribution in [2.24, 2.45) is 0 Å². The van der Waals surface area contributed by atoms with Crippen LogP contribution >= 0.6 is 11.3 Å². The van der Waals surface area contributed by atoms with E-state index in [1.807, 2.05) is 38.1 Å². The van der Waals surface area contributed by atoms with Gasteiger partial charge in [0.2, 0.25) is 5.13 Å². The van der Waals surface area contributed by atoms with Crippen LogP contribution in [0.5, 0.6) is 0 Å². The molecule has 0 spiro atoms. The monoisotopic (exact) mass is 207 g/mol. The average molecular weight is 207 g/mol. The molecule has 2 aromatic rings. The lowest BCUT2D eigenvalue weighted by atomic mass is 10.1. The van der Waals surface area contributed by atoms with Crippen LogP contribution in [0.15, 0.2) is 24.3 Å². The lowest BCUT2D eigenvalue weighted by Crippen LogP contribution is -1.82. The van der Waals surface area contributed by atoms with Crippen molar-refractivity contribution < 1.29 is 4.39 Å². The standard InChI is InChI=1S/C11H10FNS/c1-7-4-3-5-9(6-7)10-11(12)14-8(2)13-10/h3-6H,1-2H3. The normalized spacial score (nSPS) is 10.5. The van der Waals surface area contributed by atoms with Crippen molar-refractivity contribution in [1.82, 2.24) is 4.98 Å². The van der Waals surface area contributed by atoms with Gasteiger partial charge in [0.1, 0.15) is 5.69 Å². The van der Waals surface area contributed by atoms with Crippen LogP contribution in [0.2, 0.25) is 0 Å². The number of nitrogens with zero attached hydrogens (tertiary/aromatic N) is 1. The van der Waals surface area contributed by atoms with Crippen LogP contribution in [0.3, 0.4) is 0 Å². The van der Waals surface area contributed by atoms with Crippen LogP contribution in [0.4, 0.5) is 4.39 Å². The van der Waals surface area contributed by atoms with E-state index in [0.717, 1.165) is 27.5 Å². The Labute approximate surface area is 86.2 Å². The number of aryl methyl sites for hydroxylation is 2. The third-order valence-corrected chi connectivity index (χ3v) is 2.74. The second-order valence-electron chi connectivity index (χ2n) is 3.22. The molecule has 0 aliphatic carbocycles. The van der Waals surface area contributed by atoms with E-state index >= 15 is 0 Å². The first-order valence-electron chi connectivity index (χ1n) is 4.37. The van der Waals surface area contributed by atoms with Gasteiger partial charge in [-0.15, -0.1) is 0 Å². The van der Waals surface area contributed by atoms with E-state index in [-0.39, 0.29) is 5.13 Å². The Morgan fingerprint density at radius 1 is 1.29 bits per heavy atom. The molecule has 0 aliphatic rings. The zero-order valence-electron chi connectivity index (χ0n) is 8.04. The van der Waals surface area contributed by atoms with Gasteiger partial charge < -0.3 is 0 Å². The molecule has 14 heavy (non-hydrogen) atoms. The molecular formula is C11H10FNS. The number of halogens is 1. The minimum absolute atomic E-state index is 0.201. The fraction of sp³-hybridized carbons (Fsp3) is 0.182. The number of hydrogen-bond acceptors (Lipinski definition) is 2. The van der Waals surface area contributed by atoms with Gasteiger partial charge in [-0.2, -0.15) is 4.39 Å². The molecule has 0 atom stereocenters. The number of benzene rings is 1. The van der Waals surface area contributed by atoms with Crippen LogP contribution in [-0.4, -0.2) is 4.98 Å². The first kappa shape index (κ1) is 9.34. The highest BCUT2D eigenvalue weighted by Crippen LogP contribution is 2.26. The van der Waals surface area contributed by atoms with Gasteiger partial charge in [0.15, 0.2) is 0 Å². The fourth-order valence-corrected chi connectivity index (χ4v) is 2.03. The van der Waals surface area contributed by atoms with E-state index in [1.54, 1.807) is 0 Å². The van der Waals surface area contributed by atoms with Crippen molar-refractivity contribution in [2.75, 3.05) is 0 Å². The zero-order chi connectivity index (χ0) is 10.1. The molecule has 0 saturated carbocycles. The van der Waals surface area contributed by atoms with Crippen molar-refractivity contribution in [1.29, 1.82) is 0 Å². The number of rotatable bonds is 1. The Bertz CT molecular complexity index is 462. The predicted molar refractivity (Wildman–Crippen MR) is 57.0 cm³/mol. The van der Waals surface area contributed by atoms with Crippen molar-refractivity contribution in [3.8, 4) is 11.3 Å². The summed E-state index contributed by atoms with van der Waals surface area (Å²) in [5.74, 6) is 0. The van der Waals surface area contributed by atoms with Crippen molar-refractivity contribution in [3.63, 3.8) is 0 Å². The summed E-state index contributed by atoms with van der Waals surface area (Å²) < 4.78 is 13.4. The maximum Gasteiger partial charge on any atom is 0.204 e. The Kier molecular flexibility index (Phi) is 2.33. The van der Waals surface area contributed by atoms with Crippen molar-refractivity contribution in [3.05, 3.63) is 40.0 Å². The Balaban J connectivity index is 2.54. The highest BCUT2D eigenvalue weighted by Gasteiger charge is 2.10. The molecule has 2 rings (SSSR count). The topological polar surface area (TPSA) is 12.9 Å². The first-order valence-corrected chi connectivity index (χ1v) is 5.18. The molecule has 0 saturated heterocycles. The van der Waals surface area contributed by atoms with Crippen molar-refractivity contribution >= 4 is 11.3 Å². The second kappa shape index (κ2) is 3.50. The van der Waals surface area contributed by atoms with Crippen LogP contribution in [0, 0.1) is 19.0 Å². The highest BCUT2D eigenvalue weighted by molar-refractivity contribution is 7.10. The molecule has 3 heteroatoms. The van der Waals surface area contributed by atoms with Crippen molar-refractivity contribution in [2.45, 2.75) is 13.8 Å². The van der Waals surface area contributed by atoms with Crippen LogP contribution in [0.25, 0.3) is 11.3 Å². The quantitative estimate of drug-likeness (QED) is 0.696. The summed E-state index contributed by atoms with van der Waals surface area (Å²) in [6.45, 7) is 3.80. The van der Waals surface area contributed by atoms with Crippen LogP contribution in [0.1, 0.15) is 10.6 Å². The second-order valence-corrected chi connectivity index (χ2v) is 4.38. The van der Waals surface area contributed by atoms with E-state index in [9.17, 15) is 4.39 Å². The molecule has 1 aromatic heterocycles. The van der Waals surface area contributed by atoms with E-state index in [1.165, 1.54) is 0 Å². The average Bonchev–Trinajstić information content (AvgIpc) is 2.45. The van der Waals surface area contributed by atoms with E-state index in [0.29, 0.717) is 5.69 Å². The molecule has 0 unspecified atom stereocenters. The highest BCUT2D eigenvalue weighted by atomic mass is 32.1. The summed E-state index contributed by atoms with van der Waals surface area (Å²) in [4.78, 5) is 4.17. The van der Waals surface area contributed by atoms with Gasteiger partial charge in [0, 0.05) is 5.56 Å². The minimum atomic E-state index is -0.201. The first-order chi connectivity index (χ1) is 6.66. The molecular weight excluding hydrogens is 197 g/mol. The summed E-state index contributed by atoms with van der Waals surface area (Å²) >= 11 is 1.09. The summed E-state index contributed by atoms with van der Waals surface area (Å²) in [6, 6.07) is 7.72. The smallest absolute Gasteiger partial charge is 0.204 e. The van der Waals surface area contributed by atoms with E-state index in [4.69, 9.17) is 0 Å². The maximum atomic E-state index is 13.4. The molecule has 1 nitrogen and oxygen atoms in total. The summed E-state index contributed by atoms with van der Waals surface area (Å²) in [5, 5.41) is 0.562. The molecule has 72 valence electrons. The third-order valence-electron chi connectivity index (χ3n) is 1.98. The molecule has 0 amide bonds. The maximum absolute atomic E-state index is 13.4. The minimum Gasteiger partial charge on any atom is -0.238 e. The third kappa shape index (κ3) is 1.68. The van der Waals surface area contributed by atoms with Gasteiger partial charge in [-0.3, -0.25) is 0 Å². The van der Waals surface area contributed by atoms with Gasteiger partial charge in [-0.1, -0.05) is 35.1 Å². The molecule has 0 radical (unpaired) electrons. The molecule has 0 aliphatic heterocycles. The lowest BCUT2D eigenvalue weighted by molar-refractivity contribution is 0.657. The number of thiazole rings is 1. The van der Waals surface area contributed by atoms with Gasteiger partial charge in [-0.05, 0) is 19.9 Å². The molecule has 1 heterocycles. The van der Waals surface area contributed by atoms with Crippen LogP contribution < -0.4 is 0 Å². The summed E-state index contributed by atoms with van der Waals surface area (Å²) in [7, 11) is 0. The van der Waals surface area contributed by atoms with Crippen LogP contribution in [-0.2, 0) is 0 Å². The molecule has 1 aromatic carbocycles. The fourth-order valence-electron chi connectivity index (χ4n) is 1.37. The molecule has 0 N–H and O–H groups in total.